The summed E-state index contributed by atoms with van der Waals surface area (Å²) in [6.07, 6.45) is 5.77. The van der Waals surface area contributed by atoms with Gasteiger partial charge in [-0.05, 0) is 63.4 Å². The zero-order valence-corrected chi connectivity index (χ0v) is 17.7. The highest BCUT2D eigenvalue weighted by molar-refractivity contribution is 5.78. The third-order valence-corrected chi connectivity index (χ3v) is 5.98. The fraction of sp³-hybridized carbons (Fsp3) is 0.375. The first-order valence-electron chi connectivity index (χ1n) is 10.6. The van der Waals surface area contributed by atoms with Crippen molar-refractivity contribution in [3.63, 3.8) is 0 Å². The minimum atomic E-state index is -0.100. The monoisotopic (exact) mass is 403 g/mol. The smallest absolute Gasteiger partial charge is 0.234 e. The Bertz CT molecular complexity index is 962. The fourth-order valence-electron chi connectivity index (χ4n) is 4.27. The first-order valence-corrected chi connectivity index (χ1v) is 10.6. The molecule has 0 spiro atoms. The first kappa shape index (κ1) is 20.3. The van der Waals surface area contributed by atoms with E-state index < -0.39 is 0 Å². The Morgan fingerprint density at radius 3 is 2.57 bits per heavy atom. The fourth-order valence-corrected chi connectivity index (χ4v) is 4.27. The standard InChI is InChI=1S/C24H29N5O/c1-18(22-16-26-29(19(22)2)23-10-6-7-13-25-23)27-24(30)17-28-14-11-21(12-15-28)20-8-4-3-5-9-20/h3-10,13,16,18,21H,11-12,14-15,17H2,1-2H3,(H,27,30). The zero-order chi connectivity index (χ0) is 20.9. The molecule has 1 fully saturated rings. The van der Waals surface area contributed by atoms with Crippen LogP contribution in [-0.2, 0) is 4.79 Å². The van der Waals surface area contributed by atoms with E-state index in [0.29, 0.717) is 12.5 Å². The van der Waals surface area contributed by atoms with E-state index in [-0.39, 0.29) is 11.9 Å². The molecule has 1 aliphatic rings. The van der Waals surface area contributed by atoms with Gasteiger partial charge < -0.3 is 5.32 Å². The number of benzene rings is 1. The molecule has 3 heterocycles. The van der Waals surface area contributed by atoms with E-state index in [4.69, 9.17) is 0 Å². The molecular formula is C24H29N5O. The number of aromatic nitrogens is 3. The van der Waals surface area contributed by atoms with Crippen LogP contribution >= 0.6 is 0 Å². The van der Waals surface area contributed by atoms with Crippen molar-refractivity contribution in [1.82, 2.24) is 25.0 Å². The number of likely N-dealkylation sites (tertiary alicyclic amines) is 1. The molecule has 1 saturated heterocycles. The molecule has 1 aliphatic heterocycles. The van der Waals surface area contributed by atoms with Crippen LogP contribution in [-0.4, -0.2) is 45.2 Å². The number of carbonyl (C=O) groups is 1. The summed E-state index contributed by atoms with van der Waals surface area (Å²) in [5.74, 6) is 1.44. The number of nitrogens with one attached hydrogen (secondary N) is 1. The molecule has 1 amide bonds. The van der Waals surface area contributed by atoms with Gasteiger partial charge in [0.05, 0.1) is 18.8 Å². The van der Waals surface area contributed by atoms with Crippen LogP contribution in [0.3, 0.4) is 0 Å². The molecule has 156 valence electrons. The van der Waals surface area contributed by atoms with Crippen LogP contribution in [0, 0.1) is 6.92 Å². The minimum absolute atomic E-state index is 0.0608. The average molecular weight is 404 g/mol. The first-order chi connectivity index (χ1) is 14.6. The zero-order valence-electron chi connectivity index (χ0n) is 17.7. The lowest BCUT2D eigenvalue weighted by molar-refractivity contribution is -0.123. The largest absolute Gasteiger partial charge is 0.348 e. The van der Waals surface area contributed by atoms with Gasteiger partial charge in [-0.2, -0.15) is 5.10 Å². The summed E-state index contributed by atoms with van der Waals surface area (Å²) in [6.45, 7) is 6.37. The van der Waals surface area contributed by atoms with Gasteiger partial charge in [0, 0.05) is 17.5 Å². The van der Waals surface area contributed by atoms with Crippen LogP contribution in [0.4, 0.5) is 0 Å². The number of pyridine rings is 1. The van der Waals surface area contributed by atoms with Crippen molar-refractivity contribution in [1.29, 1.82) is 0 Å². The topological polar surface area (TPSA) is 63.1 Å². The summed E-state index contributed by atoms with van der Waals surface area (Å²) in [4.78, 5) is 19.3. The lowest BCUT2D eigenvalue weighted by atomic mass is 9.89. The maximum Gasteiger partial charge on any atom is 0.234 e. The van der Waals surface area contributed by atoms with Crippen molar-refractivity contribution in [2.45, 2.75) is 38.6 Å². The summed E-state index contributed by atoms with van der Waals surface area (Å²) < 4.78 is 1.81. The van der Waals surface area contributed by atoms with Crippen LogP contribution in [0.2, 0.25) is 0 Å². The predicted molar refractivity (Wildman–Crippen MR) is 118 cm³/mol. The maximum absolute atomic E-state index is 12.6. The lowest BCUT2D eigenvalue weighted by Gasteiger charge is -2.32. The van der Waals surface area contributed by atoms with Crippen LogP contribution in [0.5, 0.6) is 0 Å². The second kappa shape index (κ2) is 9.22. The number of carbonyl (C=O) groups excluding carboxylic acids is 1. The normalized spacial score (nSPS) is 16.3. The molecule has 1 N–H and O–H groups in total. The van der Waals surface area contributed by atoms with Crippen LogP contribution in [0.1, 0.15) is 48.5 Å². The van der Waals surface area contributed by atoms with Crippen molar-refractivity contribution in [3.05, 3.63) is 77.7 Å². The predicted octanol–water partition coefficient (Wildman–Crippen LogP) is 3.63. The number of hydrogen-bond donors (Lipinski definition) is 1. The highest BCUT2D eigenvalue weighted by atomic mass is 16.2. The molecule has 0 radical (unpaired) electrons. The molecule has 1 atom stereocenters. The Morgan fingerprint density at radius 1 is 1.13 bits per heavy atom. The lowest BCUT2D eigenvalue weighted by Crippen LogP contribution is -2.41. The van der Waals surface area contributed by atoms with Gasteiger partial charge in [0.2, 0.25) is 5.91 Å². The van der Waals surface area contributed by atoms with Crippen molar-refractivity contribution in [3.8, 4) is 5.82 Å². The molecule has 1 unspecified atom stereocenters. The van der Waals surface area contributed by atoms with Crippen molar-refractivity contribution < 1.29 is 4.79 Å². The van der Waals surface area contributed by atoms with Crippen LogP contribution in [0.25, 0.3) is 5.82 Å². The van der Waals surface area contributed by atoms with Gasteiger partial charge in [-0.15, -0.1) is 0 Å². The molecule has 30 heavy (non-hydrogen) atoms. The molecule has 4 rings (SSSR count). The number of hydrogen-bond acceptors (Lipinski definition) is 4. The van der Waals surface area contributed by atoms with Crippen molar-refractivity contribution in [2.24, 2.45) is 0 Å². The summed E-state index contributed by atoms with van der Waals surface area (Å²) in [7, 11) is 0. The van der Waals surface area contributed by atoms with E-state index in [1.165, 1.54) is 5.56 Å². The van der Waals surface area contributed by atoms with Gasteiger partial charge in [-0.3, -0.25) is 9.69 Å². The Kier molecular flexibility index (Phi) is 6.23. The maximum atomic E-state index is 12.6. The average Bonchev–Trinajstić information content (AvgIpc) is 3.17. The Hall–Kier alpha value is -2.99. The third-order valence-electron chi connectivity index (χ3n) is 5.98. The van der Waals surface area contributed by atoms with E-state index >= 15 is 0 Å². The second-order valence-corrected chi connectivity index (χ2v) is 8.04. The molecular weight excluding hydrogens is 374 g/mol. The third kappa shape index (κ3) is 4.60. The summed E-state index contributed by atoms with van der Waals surface area (Å²) >= 11 is 0. The van der Waals surface area contributed by atoms with Crippen molar-refractivity contribution in [2.75, 3.05) is 19.6 Å². The Labute approximate surface area is 177 Å². The van der Waals surface area contributed by atoms with E-state index in [0.717, 1.165) is 43.0 Å². The second-order valence-electron chi connectivity index (χ2n) is 8.04. The van der Waals surface area contributed by atoms with E-state index in [9.17, 15) is 4.79 Å². The number of nitrogens with zero attached hydrogens (tertiary/aromatic N) is 4. The van der Waals surface area contributed by atoms with Crippen molar-refractivity contribution >= 4 is 5.91 Å². The van der Waals surface area contributed by atoms with Gasteiger partial charge in [0.15, 0.2) is 5.82 Å². The quantitative estimate of drug-likeness (QED) is 0.683. The van der Waals surface area contributed by atoms with Gasteiger partial charge in [-0.25, -0.2) is 9.67 Å². The number of rotatable bonds is 6. The molecule has 0 saturated carbocycles. The molecule has 6 nitrogen and oxygen atoms in total. The summed E-state index contributed by atoms with van der Waals surface area (Å²) in [6, 6.07) is 16.3. The number of amides is 1. The molecule has 0 aliphatic carbocycles. The molecule has 2 aromatic heterocycles. The molecule has 6 heteroatoms. The Morgan fingerprint density at radius 2 is 1.87 bits per heavy atom. The molecule has 1 aromatic carbocycles. The highest BCUT2D eigenvalue weighted by Gasteiger charge is 2.23. The molecule has 0 bridgehead atoms. The molecule has 3 aromatic rings. The van der Waals surface area contributed by atoms with E-state index in [1.54, 1.807) is 6.20 Å². The highest BCUT2D eigenvalue weighted by Crippen LogP contribution is 2.27. The Balaban J connectivity index is 1.30. The van der Waals surface area contributed by atoms with Gasteiger partial charge >= 0.3 is 0 Å². The van der Waals surface area contributed by atoms with E-state index in [1.807, 2.05) is 42.9 Å². The SMILES string of the molecule is Cc1c(C(C)NC(=O)CN2CCC(c3ccccc3)CC2)cnn1-c1ccccn1. The van der Waals surface area contributed by atoms with Gasteiger partial charge in [0.1, 0.15) is 0 Å². The van der Waals surface area contributed by atoms with Gasteiger partial charge in [0.25, 0.3) is 0 Å². The van der Waals surface area contributed by atoms with Gasteiger partial charge in [-0.1, -0.05) is 36.4 Å². The number of piperidine rings is 1. The summed E-state index contributed by atoms with van der Waals surface area (Å²) in [5, 5.41) is 7.60. The van der Waals surface area contributed by atoms with Crippen LogP contribution < -0.4 is 5.32 Å². The van der Waals surface area contributed by atoms with Crippen LogP contribution in [0.15, 0.2) is 60.9 Å². The van der Waals surface area contributed by atoms with E-state index in [2.05, 4.69) is 50.6 Å². The summed E-state index contributed by atoms with van der Waals surface area (Å²) in [5.41, 5.74) is 3.41. The minimum Gasteiger partial charge on any atom is -0.348 e.